The molecule has 4 heteroatoms. The van der Waals surface area contributed by atoms with E-state index in [-0.39, 0.29) is 5.82 Å². The van der Waals surface area contributed by atoms with Gasteiger partial charge in [0.15, 0.2) is 0 Å². The second-order valence-corrected chi connectivity index (χ2v) is 4.14. The van der Waals surface area contributed by atoms with Gasteiger partial charge in [-0.1, -0.05) is 23.9 Å². The molecule has 0 atom stereocenters. The summed E-state index contributed by atoms with van der Waals surface area (Å²) in [5.41, 5.74) is 0.335. The number of nitriles is 1. The van der Waals surface area contributed by atoms with Crippen LogP contribution in [0.25, 0.3) is 0 Å². The van der Waals surface area contributed by atoms with E-state index in [1.54, 1.807) is 36.5 Å². The van der Waals surface area contributed by atoms with Gasteiger partial charge in [-0.25, -0.2) is 9.37 Å². The Morgan fingerprint density at radius 1 is 1.25 bits per heavy atom. The van der Waals surface area contributed by atoms with Crippen molar-refractivity contribution in [1.82, 2.24) is 4.98 Å². The molecular weight excluding hydrogens is 223 g/mol. The molecule has 1 aromatic heterocycles. The van der Waals surface area contributed by atoms with Crippen LogP contribution in [-0.4, -0.2) is 4.98 Å². The van der Waals surface area contributed by atoms with Gasteiger partial charge in [-0.3, -0.25) is 0 Å². The lowest BCUT2D eigenvalue weighted by Crippen LogP contribution is -1.83. The van der Waals surface area contributed by atoms with Crippen molar-refractivity contribution in [3.63, 3.8) is 0 Å². The van der Waals surface area contributed by atoms with Crippen molar-refractivity contribution in [2.75, 3.05) is 0 Å². The molecule has 0 N–H and O–H groups in total. The zero-order chi connectivity index (χ0) is 11.4. The molecule has 2 nitrogen and oxygen atoms in total. The second-order valence-electron chi connectivity index (χ2n) is 3.02. The third-order valence-electron chi connectivity index (χ3n) is 1.91. The van der Waals surface area contributed by atoms with E-state index in [0.29, 0.717) is 10.6 Å². The van der Waals surface area contributed by atoms with Crippen molar-refractivity contribution in [3.05, 3.63) is 54.1 Å². The second kappa shape index (κ2) is 4.77. The molecule has 0 spiro atoms. The number of rotatable bonds is 2. The Bertz CT molecular complexity index is 549. The van der Waals surface area contributed by atoms with E-state index in [1.807, 2.05) is 6.07 Å². The fourth-order valence-corrected chi connectivity index (χ4v) is 2.06. The average molecular weight is 230 g/mol. The smallest absolute Gasteiger partial charge is 0.141 e. The molecule has 0 fully saturated rings. The summed E-state index contributed by atoms with van der Waals surface area (Å²) in [4.78, 5) is 5.20. The van der Waals surface area contributed by atoms with E-state index in [4.69, 9.17) is 5.26 Å². The molecule has 2 aromatic rings. The van der Waals surface area contributed by atoms with E-state index in [9.17, 15) is 4.39 Å². The van der Waals surface area contributed by atoms with Crippen LogP contribution in [-0.2, 0) is 0 Å². The molecule has 0 unspecified atom stereocenters. The molecule has 1 heterocycles. The van der Waals surface area contributed by atoms with Crippen molar-refractivity contribution in [1.29, 1.82) is 5.26 Å². The van der Waals surface area contributed by atoms with E-state index in [0.717, 1.165) is 4.90 Å². The summed E-state index contributed by atoms with van der Waals surface area (Å²) in [6, 6.07) is 11.9. The summed E-state index contributed by atoms with van der Waals surface area (Å²) >= 11 is 1.28. The highest BCUT2D eigenvalue weighted by Crippen LogP contribution is 2.29. The Hall–Kier alpha value is -1.86. The molecule has 78 valence electrons. The maximum Gasteiger partial charge on any atom is 0.141 e. The fourth-order valence-electron chi connectivity index (χ4n) is 1.19. The highest BCUT2D eigenvalue weighted by molar-refractivity contribution is 7.99. The largest absolute Gasteiger partial charge is 0.245 e. The van der Waals surface area contributed by atoms with Crippen molar-refractivity contribution >= 4 is 11.8 Å². The predicted molar refractivity (Wildman–Crippen MR) is 59.5 cm³/mol. The van der Waals surface area contributed by atoms with Crippen LogP contribution < -0.4 is 0 Å². The summed E-state index contributed by atoms with van der Waals surface area (Å²) < 4.78 is 13.4. The highest BCUT2D eigenvalue weighted by atomic mass is 32.2. The van der Waals surface area contributed by atoms with Gasteiger partial charge in [0.25, 0.3) is 0 Å². The third kappa shape index (κ3) is 2.38. The summed E-state index contributed by atoms with van der Waals surface area (Å²) in [5.74, 6) is -0.261. The van der Waals surface area contributed by atoms with E-state index < -0.39 is 0 Å². The minimum absolute atomic E-state index is 0.261. The quantitative estimate of drug-likeness (QED) is 0.794. The number of nitrogens with zero attached hydrogens (tertiary/aromatic N) is 2. The molecule has 0 saturated carbocycles. The Labute approximate surface area is 96.8 Å². The molecule has 0 aliphatic carbocycles. The van der Waals surface area contributed by atoms with Crippen LogP contribution in [0.3, 0.4) is 0 Å². The average Bonchev–Trinajstić information content (AvgIpc) is 2.32. The van der Waals surface area contributed by atoms with Crippen LogP contribution in [0.5, 0.6) is 0 Å². The number of hydrogen-bond acceptors (Lipinski definition) is 3. The van der Waals surface area contributed by atoms with E-state index in [1.165, 1.54) is 17.8 Å². The number of hydrogen-bond donors (Lipinski definition) is 0. The van der Waals surface area contributed by atoms with Crippen LogP contribution >= 0.6 is 11.8 Å². The molecule has 16 heavy (non-hydrogen) atoms. The zero-order valence-electron chi connectivity index (χ0n) is 8.22. The normalized spacial score (nSPS) is 9.75. The zero-order valence-corrected chi connectivity index (χ0v) is 9.04. The van der Waals surface area contributed by atoms with Gasteiger partial charge in [0.1, 0.15) is 17.6 Å². The van der Waals surface area contributed by atoms with Crippen LogP contribution in [0.2, 0.25) is 0 Å². The third-order valence-corrected chi connectivity index (χ3v) is 2.95. The summed E-state index contributed by atoms with van der Waals surface area (Å²) in [7, 11) is 0. The topological polar surface area (TPSA) is 36.7 Å². The number of pyridine rings is 1. The van der Waals surface area contributed by atoms with Crippen molar-refractivity contribution < 1.29 is 4.39 Å². The lowest BCUT2D eigenvalue weighted by molar-refractivity contribution is 0.602. The van der Waals surface area contributed by atoms with Crippen LogP contribution in [0.1, 0.15) is 5.69 Å². The Balaban J connectivity index is 2.28. The van der Waals surface area contributed by atoms with Crippen molar-refractivity contribution in [2.45, 2.75) is 9.79 Å². The SMILES string of the molecule is N#Cc1cc(Sc2ccccc2F)ccn1. The van der Waals surface area contributed by atoms with Crippen molar-refractivity contribution in [3.8, 4) is 6.07 Å². The Morgan fingerprint density at radius 2 is 2.06 bits per heavy atom. The predicted octanol–water partition coefficient (Wildman–Crippen LogP) is 3.24. The van der Waals surface area contributed by atoms with Gasteiger partial charge in [-0.15, -0.1) is 0 Å². The first-order valence-electron chi connectivity index (χ1n) is 4.58. The van der Waals surface area contributed by atoms with Gasteiger partial charge in [0.2, 0.25) is 0 Å². The highest BCUT2D eigenvalue weighted by Gasteiger charge is 2.03. The molecule has 2 rings (SSSR count). The van der Waals surface area contributed by atoms with Crippen LogP contribution in [0.4, 0.5) is 4.39 Å². The lowest BCUT2D eigenvalue weighted by Gasteiger charge is -2.02. The molecule has 0 amide bonds. The summed E-state index contributed by atoms with van der Waals surface area (Å²) in [6.07, 6.45) is 1.54. The summed E-state index contributed by atoms with van der Waals surface area (Å²) in [5, 5.41) is 8.69. The van der Waals surface area contributed by atoms with Gasteiger partial charge in [-0.2, -0.15) is 5.26 Å². The van der Waals surface area contributed by atoms with Gasteiger partial charge >= 0.3 is 0 Å². The first-order valence-corrected chi connectivity index (χ1v) is 5.40. The Kier molecular flexibility index (Phi) is 3.18. The van der Waals surface area contributed by atoms with Crippen LogP contribution in [0.15, 0.2) is 52.4 Å². The molecule has 0 bridgehead atoms. The molecule has 1 aromatic carbocycles. The first-order chi connectivity index (χ1) is 7.79. The molecule has 0 radical (unpaired) electrons. The van der Waals surface area contributed by atoms with Gasteiger partial charge in [-0.05, 0) is 24.3 Å². The first kappa shape index (κ1) is 10.7. The fraction of sp³-hybridized carbons (Fsp3) is 0. The maximum atomic E-state index is 13.4. The monoisotopic (exact) mass is 230 g/mol. The van der Waals surface area contributed by atoms with Crippen molar-refractivity contribution in [2.24, 2.45) is 0 Å². The number of aromatic nitrogens is 1. The minimum atomic E-state index is -0.261. The standard InChI is InChI=1S/C12H7FN2S/c13-11-3-1-2-4-12(11)16-10-5-6-15-9(7-10)8-14/h1-7H. The lowest BCUT2D eigenvalue weighted by atomic mass is 10.3. The summed E-state index contributed by atoms with van der Waals surface area (Å²) in [6.45, 7) is 0. The maximum absolute atomic E-state index is 13.4. The molecular formula is C12H7FN2S. The van der Waals surface area contributed by atoms with Gasteiger partial charge in [0, 0.05) is 16.0 Å². The number of halogens is 1. The van der Waals surface area contributed by atoms with Crippen LogP contribution in [0, 0.1) is 17.1 Å². The van der Waals surface area contributed by atoms with Gasteiger partial charge in [0.05, 0.1) is 0 Å². The molecule has 0 saturated heterocycles. The van der Waals surface area contributed by atoms with E-state index >= 15 is 0 Å². The molecule has 0 aliphatic heterocycles. The molecule has 0 aliphatic rings. The van der Waals surface area contributed by atoms with Gasteiger partial charge < -0.3 is 0 Å². The number of benzene rings is 1. The van der Waals surface area contributed by atoms with E-state index in [2.05, 4.69) is 4.98 Å². The Morgan fingerprint density at radius 3 is 2.81 bits per heavy atom. The minimum Gasteiger partial charge on any atom is -0.245 e.